The second-order valence-corrected chi connectivity index (χ2v) is 13.2. The first-order chi connectivity index (χ1) is 18.9. The van der Waals surface area contributed by atoms with Gasteiger partial charge in [-0.2, -0.15) is 4.98 Å². The first-order valence-electron chi connectivity index (χ1n) is 12.4. The predicted molar refractivity (Wildman–Crippen MR) is 147 cm³/mol. The molecule has 1 saturated heterocycles. The maximum absolute atomic E-state index is 14.4. The molecule has 0 aliphatic carbocycles. The number of pyridine rings is 1. The molecule has 40 heavy (non-hydrogen) atoms. The van der Waals surface area contributed by atoms with Gasteiger partial charge in [-0.25, -0.2) is 35.7 Å². The number of sulfonamides is 2. The maximum atomic E-state index is 14.4. The normalized spacial score (nSPS) is 18.5. The topological polar surface area (TPSA) is 172 Å². The van der Waals surface area contributed by atoms with Gasteiger partial charge in [0.25, 0.3) is 0 Å². The van der Waals surface area contributed by atoms with Gasteiger partial charge in [0.05, 0.1) is 16.8 Å². The molecule has 2 aliphatic heterocycles. The fraction of sp³-hybridized carbons (Fsp3) is 0.320. The molecule has 0 radical (unpaired) electrons. The zero-order valence-corrected chi connectivity index (χ0v) is 23.1. The van der Waals surface area contributed by atoms with Gasteiger partial charge in [-0.15, -0.1) is 0 Å². The fourth-order valence-electron chi connectivity index (χ4n) is 4.65. The Bertz CT molecular complexity index is 1660. The highest BCUT2D eigenvalue weighted by Crippen LogP contribution is 2.30. The van der Waals surface area contributed by atoms with Crippen molar-refractivity contribution in [2.75, 3.05) is 29.6 Å². The van der Waals surface area contributed by atoms with Gasteiger partial charge >= 0.3 is 0 Å². The van der Waals surface area contributed by atoms with Crippen LogP contribution in [-0.2, 0) is 26.6 Å². The lowest BCUT2D eigenvalue weighted by Gasteiger charge is -2.33. The lowest BCUT2D eigenvalue weighted by Crippen LogP contribution is -2.42. The number of rotatable bonds is 7. The minimum Gasteiger partial charge on any atom is -0.370 e. The number of aliphatic hydroxyl groups is 1. The van der Waals surface area contributed by atoms with Crippen molar-refractivity contribution in [1.82, 2.24) is 19.3 Å². The number of halogens is 1. The molecule has 4 heterocycles. The van der Waals surface area contributed by atoms with Gasteiger partial charge in [-0.1, -0.05) is 6.07 Å². The molecule has 12 nitrogen and oxygen atoms in total. The number of fused-ring (bicyclic) bond motifs is 1. The van der Waals surface area contributed by atoms with Crippen LogP contribution in [0.2, 0.25) is 0 Å². The molecular weight excluding hydrogens is 561 g/mol. The molecule has 0 amide bonds. The fourth-order valence-corrected chi connectivity index (χ4v) is 6.07. The van der Waals surface area contributed by atoms with Crippen LogP contribution in [-0.4, -0.2) is 72.8 Å². The standard InChI is InChI=1S/C25H28FN7O5S2/c1-39(35,36)32-10-8-18(9-11-32)30-25-29-14-17-3-7-23(34)33(24(17)31-25)15-16-2-6-22(28-13-16)20-12-19(40(27,37)38)4-5-21(20)26/h2-7,12-14,18,23,34H,8-11,15H2,1H3,(H2,27,37,38)(H,29,30,31). The molecule has 5 rings (SSSR count). The molecule has 0 spiro atoms. The number of nitrogens with zero attached hydrogens (tertiary/aromatic N) is 5. The molecule has 2 aromatic heterocycles. The number of aliphatic hydroxyl groups excluding tert-OH is 1. The van der Waals surface area contributed by atoms with Crippen LogP contribution in [0.15, 0.2) is 53.7 Å². The lowest BCUT2D eigenvalue weighted by molar-refractivity contribution is 0.213. The summed E-state index contributed by atoms with van der Waals surface area (Å²) in [5.41, 5.74) is 1.61. The molecule has 0 bridgehead atoms. The summed E-state index contributed by atoms with van der Waals surface area (Å²) in [7, 11) is -7.24. The lowest BCUT2D eigenvalue weighted by atomic mass is 10.1. The van der Waals surface area contributed by atoms with Gasteiger partial charge in [0.1, 0.15) is 17.9 Å². The average Bonchev–Trinajstić information content (AvgIpc) is 2.90. The Morgan fingerprint density at radius 2 is 1.85 bits per heavy atom. The van der Waals surface area contributed by atoms with Crippen LogP contribution in [0.25, 0.3) is 17.3 Å². The number of anilines is 2. The van der Waals surface area contributed by atoms with Gasteiger partial charge in [-0.3, -0.25) is 4.98 Å². The van der Waals surface area contributed by atoms with E-state index in [0.29, 0.717) is 48.8 Å². The van der Waals surface area contributed by atoms with Crippen molar-refractivity contribution in [2.45, 2.75) is 36.6 Å². The zero-order valence-electron chi connectivity index (χ0n) is 21.5. The molecule has 1 aromatic carbocycles. The van der Waals surface area contributed by atoms with Crippen molar-refractivity contribution >= 4 is 37.9 Å². The first-order valence-corrected chi connectivity index (χ1v) is 15.8. The van der Waals surface area contributed by atoms with Gasteiger partial charge in [0.2, 0.25) is 26.0 Å². The van der Waals surface area contributed by atoms with Crippen molar-refractivity contribution in [3.8, 4) is 11.3 Å². The van der Waals surface area contributed by atoms with Crippen molar-refractivity contribution < 1.29 is 26.3 Å². The number of primary sulfonamides is 1. The number of nitrogens with two attached hydrogens (primary N) is 1. The number of nitrogens with one attached hydrogen (secondary N) is 1. The van der Waals surface area contributed by atoms with E-state index in [1.54, 1.807) is 35.4 Å². The molecule has 0 saturated carbocycles. The quantitative estimate of drug-likeness (QED) is 0.367. The highest BCUT2D eigenvalue weighted by atomic mass is 32.2. The second kappa shape index (κ2) is 10.8. The Balaban J connectivity index is 1.33. The predicted octanol–water partition coefficient (Wildman–Crippen LogP) is 1.51. The van der Waals surface area contributed by atoms with Crippen molar-refractivity contribution in [1.29, 1.82) is 0 Å². The highest BCUT2D eigenvalue weighted by Gasteiger charge is 2.27. The second-order valence-electron chi connectivity index (χ2n) is 9.69. The molecule has 15 heteroatoms. The highest BCUT2D eigenvalue weighted by molar-refractivity contribution is 7.89. The molecule has 212 valence electrons. The molecule has 4 N–H and O–H groups in total. The third-order valence-corrected chi connectivity index (χ3v) is 9.03. The van der Waals surface area contributed by atoms with E-state index in [-0.39, 0.29) is 28.7 Å². The van der Waals surface area contributed by atoms with E-state index in [9.17, 15) is 26.3 Å². The van der Waals surface area contributed by atoms with Crippen LogP contribution in [0.1, 0.15) is 24.0 Å². The molecular formula is C25H28FN7O5S2. The number of hydrogen-bond acceptors (Lipinski definition) is 10. The number of hydrogen-bond donors (Lipinski definition) is 3. The Kier molecular flexibility index (Phi) is 7.58. The summed E-state index contributed by atoms with van der Waals surface area (Å²) in [5.74, 6) is 0.219. The summed E-state index contributed by atoms with van der Waals surface area (Å²) in [6.45, 7) is 1.04. The smallest absolute Gasteiger partial charge is 0.238 e. The summed E-state index contributed by atoms with van der Waals surface area (Å²) < 4.78 is 62.8. The van der Waals surface area contributed by atoms with Crippen molar-refractivity contribution in [3.63, 3.8) is 0 Å². The Morgan fingerprint density at radius 3 is 2.50 bits per heavy atom. The molecule has 3 aromatic rings. The Labute approximate surface area is 231 Å². The zero-order chi connectivity index (χ0) is 28.7. The third kappa shape index (κ3) is 6.13. The van der Waals surface area contributed by atoms with Crippen LogP contribution in [0.3, 0.4) is 0 Å². The van der Waals surface area contributed by atoms with E-state index in [2.05, 4.69) is 20.3 Å². The van der Waals surface area contributed by atoms with Gasteiger partial charge < -0.3 is 15.3 Å². The summed E-state index contributed by atoms with van der Waals surface area (Å²) in [6.07, 6.45) is 7.94. The number of aromatic nitrogens is 3. The SMILES string of the molecule is CS(=O)(=O)N1CCC(Nc2ncc3c(n2)N(Cc2ccc(-c4cc(S(N)(=O)=O)ccc4F)nc2)C(O)C=C3)CC1. The van der Waals surface area contributed by atoms with Crippen LogP contribution >= 0.6 is 0 Å². The average molecular weight is 590 g/mol. The number of benzene rings is 1. The molecule has 1 unspecified atom stereocenters. The van der Waals surface area contributed by atoms with Gasteiger partial charge in [-0.05, 0) is 54.8 Å². The largest absolute Gasteiger partial charge is 0.370 e. The van der Waals surface area contributed by atoms with E-state index in [1.165, 1.54) is 16.8 Å². The first kappa shape index (κ1) is 28.0. The Morgan fingerprint density at radius 1 is 1.10 bits per heavy atom. The Hall–Kier alpha value is -3.50. The van der Waals surface area contributed by atoms with Gasteiger partial charge in [0, 0.05) is 49.2 Å². The van der Waals surface area contributed by atoms with E-state index < -0.39 is 32.1 Å². The molecule has 2 aliphatic rings. The van der Waals surface area contributed by atoms with E-state index in [4.69, 9.17) is 5.14 Å². The molecule has 1 fully saturated rings. The van der Waals surface area contributed by atoms with Crippen LogP contribution < -0.4 is 15.4 Å². The maximum Gasteiger partial charge on any atom is 0.238 e. The third-order valence-electron chi connectivity index (χ3n) is 6.81. The minimum atomic E-state index is -4.01. The summed E-state index contributed by atoms with van der Waals surface area (Å²) in [6, 6.07) is 6.51. The summed E-state index contributed by atoms with van der Waals surface area (Å²) in [5, 5.41) is 19.2. The number of piperidine rings is 1. The monoisotopic (exact) mass is 589 g/mol. The summed E-state index contributed by atoms with van der Waals surface area (Å²) in [4.78, 5) is 14.8. The van der Waals surface area contributed by atoms with Gasteiger partial charge in [0.15, 0.2) is 0 Å². The molecule has 1 atom stereocenters. The van der Waals surface area contributed by atoms with Crippen LogP contribution in [0.4, 0.5) is 16.2 Å². The van der Waals surface area contributed by atoms with E-state index in [1.807, 2.05) is 0 Å². The van der Waals surface area contributed by atoms with Crippen LogP contribution in [0.5, 0.6) is 0 Å². The van der Waals surface area contributed by atoms with Crippen molar-refractivity contribution in [3.05, 3.63) is 65.7 Å². The van der Waals surface area contributed by atoms with E-state index >= 15 is 0 Å². The van der Waals surface area contributed by atoms with Crippen molar-refractivity contribution in [2.24, 2.45) is 5.14 Å². The van der Waals surface area contributed by atoms with Crippen LogP contribution in [0, 0.1) is 5.82 Å². The summed E-state index contributed by atoms with van der Waals surface area (Å²) >= 11 is 0. The van der Waals surface area contributed by atoms with E-state index in [0.717, 1.165) is 18.2 Å². The minimum absolute atomic E-state index is 0.00143.